The van der Waals surface area contributed by atoms with Gasteiger partial charge in [0.25, 0.3) is 0 Å². The molecule has 0 atom stereocenters. The summed E-state index contributed by atoms with van der Waals surface area (Å²) in [6, 6.07) is 13.3. The smallest absolute Gasteiger partial charge is 0.225 e. The lowest BCUT2D eigenvalue weighted by Crippen LogP contribution is -2.13. The summed E-state index contributed by atoms with van der Waals surface area (Å²) >= 11 is 0. The van der Waals surface area contributed by atoms with Crippen LogP contribution in [0.2, 0.25) is 0 Å². The molecular formula is C14H15N3O. The maximum Gasteiger partial charge on any atom is 0.225 e. The molecule has 0 spiro atoms. The first-order chi connectivity index (χ1) is 8.74. The molecule has 1 amide bonds. The zero-order valence-corrected chi connectivity index (χ0v) is 9.97. The Hall–Kier alpha value is -2.36. The first-order valence-corrected chi connectivity index (χ1v) is 5.79. The molecular weight excluding hydrogens is 226 g/mol. The van der Waals surface area contributed by atoms with Crippen LogP contribution in [-0.4, -0.2) is 10.9 Å². The largest absolute Gasteiger partial charge is 0.397 e. The molecule has 0 bridgehead atoms. The molecule has 3 N–H and O–H groups in total. The molecule has 0 unspecified atom stereocenters. The van der Waals surface area contributed by atoms with Gasteiger partial charge in [0.1, 0.15) is 5.82 Å². The lowest BCUT2D eigenvalue weighted by molar-refractivity contribution is -0.116. The molecule has 0 radical (unpaired) electrons. The van der Waals surface area contributed by atoms with Gasteiger partial charge in [0.15, 0.2) is 0 Å². The van der Waals surface area contributed by atoms with Gasteiger partial charge < -0.3 is 11.1 Å². The Morgan fingerprint density at radius 2 is 1.94 bits per heavy atom. The Bertz CT molecular complexity index is 508. The van der Waals surface area contributed by atoms with Crippen molar-refractivity contribution < 1.29 is 4.79 Å². The topological polar surface area (TPSA) is 68.0 Å². The molecule has 0 saturated carbocycles. The molecule has 1 aromatic heterocycles. The molecule has 1 aromatic carbocycles. The van der Waals surface area contributed by atoms with E-state index in [9.17, 15) is 4.79 Å². The number of aromatic nitrogens is 1. The van der Waals surface area contributed by atoms with E-state index in [0.717, 1.165) is 12.0 Å². The van der Waals surface area contributed by atoms with E-state index in [2.05, 4.69) is 10.3 Å². The van der Waals surface area contributed by atoms with Gasteiger partial charge in [-0.25, -0.2) is 4.98 Å². The quantitative estimate of drug-likeness (QED) is 0.862. The number of pyridine rings is 1. The van der Waals surface area contributed by atoms with Crippen LogP contribution in [-0.2, 0) is 11.2 Å². The summed E-state index contributed by atoms with van der Waals surface area (Å²) in [5.74, 6) is 0.485. The highest BCUT2D eigenvalue weighted by molar-refractivity contribution is 5.89. The van der Waals surface area contributed by atoms with Crippen LogP contribution in [0.3, 0.4) is 0 Å². The van der Waals surface area contributed by atoms with Crippen molar-refractivity contribution in [3.05, 3.63) is 54.2 Å². The number of nitrogens with one attached hydrogen (secondary N) is 1. The van der Waals surface area contributed by atoms with Crippen LogP contribution in [0.4, 0.5) is 11.5 Å². The van der Waals surface area contributed by atoms with Crippen LogP contribution >= 0.6 is 0 Å². The third kappa shape index (κ3) is 3.59. The predicted octanol–water partition coefficient (Wildman–Crippen LogP) is 2.24. The van der Waals surface area contributed by atoms with Crippen LogP contribution in [0, 0.1) is 0 Å². The lowest BCUT2D eigenvalue weighted by atomic mass is 10.1. The highest BCUT2D eigenvalue weighted by Crippen LogP contribution is 2.07. The van der Waals surface area contributed by atoms with E-state index in [1.54, 1.807) is 12.1 Å². The maximum atomic E-state index is 11.7. The molecule has 2 rings (SSSR count). The van der Waals surface area contributed by atoms with Gasteiger partial charge in [0.2, 0.25) is 5.91 Å². The second-order valence-electron chi connectivity index (χ2n) is 4.01. The molecule has 0 aliphatic heterocycles. The minimum Gasteiger partial charge on any atom is -0.397 e. The molecule has 92 valence electrons. The number of amides is 1. The van der Waals surface area contributed by atoms with E-state index in [4.69, 9.17) is 5.73 Å². The van der Waals surface area contributed by atoms with Crippen LogP contribution in [0.15, 0.2) is 48.7 Å². The number of aryl methyl sites for hydroxylation is 1. The van der Waals surface area contributed by atoms with Crippen molar-refractivity contribution in [3.8, 4) is 0 Å². The molecule has 1 heterocycles. The molecule has 18 heavy (non-hydrogen) atoms. The van der Waals surface area contributed by atoms with Crippen LogP contribution in [0.25, 0.3) is 0 Å². The Balaban J connectivity index is 1.84. The summed E-state index contributed by atoms with van der Waals surface area (Å²) in [6.45, 7) is 0. The van der Waals surface area contributed by atoms with E-state index in [-0.39, 0.29) is 5.91 Å². The van der Waals surface area contributed by atoms with Crippen molar-refractivity contribution in [1.29, 1.82) is 0 Å². The number of carbonyl (C=O) groups excluding carboxylic acids is 1. The summed E-state index contributed by atoms with van der Waals surface area (Å²) in [7, 11) is 0. The Morgan fingerprint density at radius 3 is 2.61 bits per heavy atom. The summed E-state index contributed by atoms with van der Waals surface area (Å²) in [6.07, 6.45) is 2.69. The number of nitrogens with two attached hydrogens (primary N) is 1. The molecule has 2 aromatic rings. The maximum absolute atomic E-state index is 11.7. The number of carbonyl (C=O) groups is 1. The van der Waals surface area contributed by atoms with Gasteiger partial charge in [-0.05, 0) is 24.1 Å². The average Bonchev–Trinajstić information content (AvgIpc) is 2.40. The summed E-state index contributed by atoms with van der Waals surface area (Å²) in [5.41, 5.74) is 7.25. The first kappa shape index (κ1) is 12.1. The molecule has 4 nitrogen and oxygen atoms in total. The highest BCUT2D eigenvalue weighted by Gasteiger charge is 2.03. The van der Waals surface area contributed by atoms with Crippen LogP contribution in [0.5, 0.6) is 0 Å². The Labute approximate surface area is 106 Å². The normalized spacial score (nSPS) is 10.0. The van der Waals surface area contributed by atoms with Gasteiger partial charge in [0.05, 0.1) is 11.9 Å². The number of rotatable bonds is 4. The summed E-state index contributed by atoms with van der Waals surface area (Å²) in [5, 5.41) is 2.73. The van der Waals surface area contributed by atoms with Gasteiger partial charge >= 0.3 is 0 Å². The average molecular weight is 241 g/mol. The van der Waals surface area contributed by atoms with E-state index >= 15 is 0 Å². The summed E-state index contributed by atoms with van der Waals surface area (Å²) in [4.78, 5) is 15.7. The van der Waals surface area contributed by atoms with Crippen molar-refractivity contribution in [3.63, 3.8) is 0 Å². The van der Waals surface area contributed by atoms with Crippen LogP contribution < -0.4 is 11.1 Å². The third-order valence-electron chi connectivity index (χ3n) is 2.54. The van der Waals surface area contributed by atoms with Gasteiger partial charge in [-0.2, -0.15) is 0 Å². The molecule has 0 aliphatic carbocycles. The fourth-order valence-corrected chi connectivity index (χ4v) is 1.59. The molecule has 4 heteroatoms. The molecule has 0 saturated heterocycles. The number of nitrogens with zero attached hydrogens (tertiary/aromatic N) is 1. The predicted molar refractivity (Wildman–Crippen MR) is 72.0 cm³/mol. The number of anilines is 2. The Morgan fingerprint density at radius 1 is 1.17 bits per heavy atom. The van der Waals surface area contributed by atoms with Gasteiger partial charge in [-0.15, -0.1) is 0 Å². The van der Waals surface area contributed by atoms with Gasteiger partial charge in [0, 0.05) is 6.42 Å². The highest BCUT2D eigenvalue weighted by atomic mass is 16.1. The fraction of sp³-hybridized carbons (Fsp3) is 0.143. The SMILES string of the molecule is Nc1ccc(NC(=O)CCc2ccccc2)nc1. The Kier molecular flexibility index (Phi) is 3.91. The first-order valence-electron chi connectivity index (χ1n) is 5.79. The third-order valence-corrected chi connectivity index (χ3v) is 2.54. The standard InChI is InChI=1S/C14H15N3O/c15-12-7-8-13(16-10-12)17-14(18)9-6-11-4-2-1-3-5-11/h1-5,7-8,10H,6,9,15H2,(H,16,17,18). The summed E-state index contributed by atoms with van der Waals surface area (Å²) < 4.78 is 0. The van der Waals surface area contributed by atoms with Crippen molar-refractivity contribution in [2.45, 2.75) is 12.8 Å². The second kappa shape index (κ2) is 5.82. The lowest BCUT2D eigenvalue weighted by Gasteiger charge is -2.04. The number of benzene rings is 1. The molecule has 0 fully saturated rings. The van der Waals surface area contributed by atoms with Crippen LogP contribution in [0.1, 0.15) is 12.0 Å². The van der Waals surface area contributed by atoms with E-state index in [1.165, 1.54) is 6.20 Å². The monoisotopic (exact) mass is 241 g/mol. The molecule has 0 aliphatic rings. The van der Waals surface area contributed by atoms with Gasteiger partial charge in [-0.3, -0.25) is 4.79 Å². The number of nitrogen functional groups attached to an aromatic ring is 1. The van der Waals surface area contributed by atoms with E-state index in [1.807, 2.05) is 30.3 Å². The second-order valence-corrected chi connectivity index (χ2v) is 4.01. The van der Waals surface area contributed by atoms with Gasteiger partial charge in [-0.1, -0.05) is 30.3 Å². The van der Waals surface area contributed by atoms with Crippen molar-refractivity contribution in [1.82, 2.24) is 4.98 Å². The fourth-order valence-electron chi connectivity index (χ4n) is 1.59. The van der Waals surface area contributed by atoms with E-state index < -0.39 is 0 Å². The van der Waals surface area contributed by atoms with Crippen molar-refractivity contribution >= 4 is 17.4 Å². The van der Waals surface area contributed by atoms with Crippen molar-refractivity contribution in [2.75, 3.05) is 11.1 Å². The zero-order chi connectivity index (χ0) is 12.8. The van der Waals surface area contributed by atoms with E-state index in [0.29, 0.717) is 17.9 Å². The number of hydrogen-bond acceptors (Lipinski definition) is 3. The number of hydrogen-bond donors (Lipinski definition) is 2. The minimum absolute atomic E-state index is 0.0453. The zero-order valence-electron chi connectivity index (χ0n) is 9.97. The van der Waals surface area contributed by atoms with Crippen molar-refractivity contribution in [2.24, 2.45) is 0 Å². The minimum atomic E-state index is -0.0453.